The number of hydrogen-bond donors (Lipinski definition) is 3. The fourth-order valence-corrected chi connectivity index (χ4v) is 2.64. The highest BCUT2D eigenvalue weighted by molar-refractivity contribution is 7.89. The Kier molecular flexibility index (Phi) is 7.09. The number of nitrogens with zero attached hydrogens (tertiary/aromatic N) is 1. The van der Waals surface area contributed by atoms with Crippen LogP contribution in [0.15, 0.2) is 5.16 Å². The van der Waals surface area contributed by atoms with E-state index in [9.17, 15) is 8.42 Å². The van der Waals surface area contributed by atoms with Crippen molar-refractivity contribution < 1.29 is 18.4 Å². The molecule has 0 aromatic rings. The minimum Gasteiger partial charge on any atom is -0.409 e. The van der Waals surface area contributed by atoms with Gasteiger partial charge in [0.25, 0.3) is 0 Å². The smallest absolute Gasteiger partial charge is 0.212 e. The summed E-state index contributed by atoms with van der Waals surface area (Å²) in [5, 5.41) is 11.4. The van der Waals surface area contributed by atoms with Crippen molar-refractivity contribution in [2.24, 2.45) is 16.8 Å². The van der Waals surface area contributed by atoms with E-state index in [1.165, 1.54) is 7.11 Å². The Morgan fingerprint density at radius 2 is 2.12 bits per heavy atom. The van der Waals surface area contributed by atoms with Gasteiger partial charge >= 0.3 is 0 Å². The summed E-state index contributed by atoms with van der Waals surface area (Å²) in [6.07, 6.45) is 0.396. The highest BCUT2D eigenvalue weighted by Crippen LogP contribution is 2.04. The van der Waals surface area contributed by atoms with Crippen LogP contribution in [0.25, 0.3) is 0 Å². The summed E-state index contributed by atoms with van der Waals surface area (Å²) in [7, 11) is -1.95. The first-order chi connectivity index (χ1) is 7.84. The number of rotatable bonds is 8. The van der Waals surface area contributed by atoms with Gasteiger partial charge in [0.1, 0.15) is 0 Å². The van der Waals surface area contributed by atoms with Crippen LogP contribution in [0.4, 0.5) is 0 Å². The van der Waals surface area contributed by atoms with Crippen LogP contribution in [-0.4, -0.2) is 45.0 Å². The molecule has 0 saturated carbocycles. The Hall–Kier alpha value is -0.860. The third-order valence-corrected chi connectivity index (χ3v) is 3.61. The van der Waals surface area contributed by atoms with Gasteiger partial charge in [-0.2, -0.15) is 0 Å². The molecule has 0 bridgehead atoms. The van der Waals surface area contributed by atoms with Crippen LogP contribution < -0.4 is 10.5 Å². The zero-order valence-corrected chi connectivity index (χ0v) is 11.2. The molecule has 0 aliphatic rings. The van der Waals surface area contributed by atoms with Crippen molar-refractivity contribution in [3.8, 4) is 0 Å². The van der Waals surface area contributed by atoms with E-state index in [-0.39, 0.29) is 17.5 Å². The van der Waals surface area contributed by atoms with Gasteiger partial charge in [-0.25, -0.2) is 13.1 Å². The highest BCUT2D eigenvalue weighted by atomic mass is 32.2. The number of ether oxygens (including phenoxy) is 1. The SMILES string of the molecule is COCCCS(=O)(=O)NC(C(N)=NO)C(C)C. The molecule has 1 atom stereocenters. The molecule has 1 unspecified atom stereocenters. The predicted octanol–water partition coefficient (Wildman–Crippen LogP) is -0.287. The van der Waals surface area contributed by atoms with Gasteiger partial charge in [0.05, 0.1) is 11.8 Å². The standard InChI is InChI=1S/C9H21N3O4S/c1-7(2)8(9(10)11-13)12-17(14,15)6-4-5-16-3/h7-8,12-13H,4-6H2,1-3H3,(H2,10,11). The van der Waals surface area contributed by atoms with Crippen molar-refractivity contribution in [3.05, 3.63) is 0 Å². The van der Waals surface area contributed by atoms with Crippen molar-refractivity contribution in [1.82, 2.24) is 4.72 Å². The summed E-state index contributed by atoms with van der Waals surface area (Å²) in [5.41, 5.74) is 5.43. The molecule has 0 aliphatic carbocycles. The van der Waals surface area contributed by atoms with Crippen LogP contribution in [0.3, 0.4) is 0 Å². The maximum Gasteiger partial charge on any atom is 0.212 e. The molecular formula is C9H21N3O4S. The molecule has 17 heavy (non-hydrogen) atoms. The van der Waals surface area contributed by atoms with Crippen LogP contribution >= 0.6 is 0 Å². The summed E-state index contributed by atoms with van der Waals surface area (Å²) in [6, 6.07) is -0.701. The number of amidine groups is 1. The van der Waals surface area contributed by atoms with Crippen molar-refractivity contribution in [2.45, 2.75) is 26.3 Å². The Labute approximate surface area is 102 Å². The van der Waals surface area contributed by atoms with E-state index >= 15 is 0 Å². The van der Waals surface area contributed by atoms with Gasteiger partial charge in [0.2, 0.25) is 10.0 Å². The quantitative estimate of drug-likeness (QED) is 0.184. The lowest BCUT2D eigenvalue weighted by atomic mass is 10.1. The maximum atomic E-state index is 11.7. The van der Waals surface area contributed by atoms with Crippen molar-refractivity contribution in [1.29, 1.82) is 0 Å². The van der Waals surface area contributed by atoms with Gasteiger partial charge in [-0.15, -0.1) is 0 Å². The molecule has 7 nitrogen and oxygen atoms in total. The van der Waals surface area contributed by atoms with Gasteiger partial charge in [-0.3, -0.25) is 0 Å². The van der Waals surface area contributed by atoms with Crippen LogP contribution in [0.2, 0.25) is 0 Å². The normalized spacial score (nSPS) is 15.2. The zero-order valence-electron chi connectivity index (χ0n) is 10.4. The van der Waals surface area contributed by atoms with E-state index < -0.39 is 16.1 Å². The molecule has 102 valence electrons. The van der Waals surface area contributed by atoms with Gasteiger partial charge in [0.15, 0.2) is 5.84 Å². The predicted molar refractivity (Wildman–Crippen MR) is 65.5 cm³/mol. The third-order valence-electron chi connectivity index (χ3n) is 2.17. The number of methoxy groups -OCH3 is 1. The molecule has 0 aromatic carbocycles. The van der Waals surface area contributed by atoms with E-state index in [0.717, 1.165) is 0 Å². The lowest BCUT2D eigenvalue weighted by Crippen LogP contribution is -2.48. The van der Waals surface area contributed by atoms with Crippen LogP contribution in [0.5, 0.6) is 0 Å². The molecule has 0 radical (unpaired) electrons. The topological polar surface area (TPSA) is 114 Å². The fourth-order valence-electron chi connectivity index (χ4n) is 1.25. The molecule has 4 N–H and O–H groups in total. The van der Waals surface area contributed by atoms with Crippen LogP contribution in [-0.2, 0) is 14.8 Å². The number of oxime groups is 1. The minimum atomic E-state index is -3.46. The zero-order chi connectivity index (χ0) is 13.5. The fraction of sp³-hybridized carbons (Fsp3) is 0.889. The lowest BCUT2D eigenvalue weighted by molar-refractivity contribution is 0.199. The summed E-state index contributed by atoms with van der Waals surface area (Å²) in [4.78, 5) is 0. The second kappa shape index (κ2) is 7.46. The first-order valence-electron chi connectivity index (χ1n) is 5.30. The molecule has 0 fully saturated rings. The first-order valence-corrected chi connectivity index (χ1v) is 6.95. The number of nitrogens with one attached hydrogen (secondary N) is 1. The summed E-state index contributed by atoms with van der Waals surface area (Å²) >= 11 is 0. The summed E-state index contributed by atoms with van der Waals surface area (Å²) < 4.78 is 30.5. The Morgan fingerprint density at radius 1 is 1.53 bits per heavy atom. The number of nitrogens with two attached hydrogens (primary N) is 1. The summed E-state index contributed by atoms with van der Waals surface area (Å²) in [6.45, 7) is 3.93. The molecule has 0 rings (SSSR count). The number of sulfonamides is 1. The van der Waals surface area contributed by atoms with E-state index in [1.807, 2.05) is 0 Å². The average Bonchev–Trinajstić information content (AvgIpc) is 2.25. The van der Waals surface area contributed by atoms with Crippen LogP contribution in [0.1, 0.15) is 20.3 Å². The van der Waals surface area contributed by atoms with Gasteiger partial charge in [-0.05, 0) is 12.3 Å². The Morgan fingerprint density at radius 3 is 2.53 bits per heavy atom. The molecule has 0 heterocycles. The van der Waals surface area contributed by atoms with Gasteiger partial charge in [-0.1, -0.05) is 19.0 Å². The molecule has 0 aliphatic heterocycles. The van der Waals surface area contributed by atoms with Crippen molar-refractivity contribution >= 4 is 15.9 Å². The lowest BCUT2D eigenvalue weighted by Gasteiger charge is -2.20. The molecular weight excluding hydrogens is 246 g/mol. The van der Waals surface area contributed by atoms with E-state index in [4.69, 9.17) is 15.7 Å². The maximum absolute atomic E-state index is 11.7. The number of hydrogen-bond acceptors (Lipinski definition) is 5. The molecule has 0 spiro atoms. The second-order valence-electron chi connectivity index (χ2n) is 4.03. The average molecular weight is 267 g/mol. The molecule has 0 amide bonds. The summed E-state index contributed by atoms with van der Waals surface area (Å²) in [5.74, 6) is -0.304. The van der Waals surface area contributed by atoms with E-state index in [0.29, 0.717) is 13.0 Å². The van der Waals surface area contributed by atoms with Crippen molar-refractivity contribution in [2.75, 3.05) is 19.5 Å². The van der Waals surface area contributed by atoms with E-state index in [2.05, 4.69) is 9.88 Å². The Balaban J connectivity index is 4.54. The highest BCUT2D eigenvalue weighted by Gasteiger charge is 2.24. The first kappa shape index (κ1) is 16.1. The Bertz CT molecular complexity index is 340. The molecule has 0 saturated heterocycles. The third kappa shape index (κ3) is 6.44. The largest absolute Gasteiger partial charge is 0.409 e. The molecule has 0 aromatic heterocycles. The van der Waals surface area contributed by atoms with Crippen molar-refractivity contribution in [3.63, 3.8) is 0 Å². The minimum absolute atomic E-state index is 0.0528. The van der Waals surface area contributed by atoms with E-state index in [1.54, 1.807) is 13.8 Å². The second-order valence-corrected chi connectivity index (χ2v) is 5.90. The van der Waals surface area contributed by atoms with Gasteiger partial charge in [0, 0.05) is 13.7 Å². The molecule has 8 heteroatoms. The van der Waals surface area contributed by atoms with Crippen LogP contribution in [0, 0.1) is 5.92 Å². The van der Waals surface area contributed by atoms with Gasteiger partial charge < -0.3 is 15.7 Å². The monoisotopic (exact) mass is 267 g/mol.